The van der Waals surface area contributed by atoms with E-state index in [9.17, 15) is 4.79 Å². The lowest BCUT2D eigenvalue weighted by atomic mass is 10.3. The molecule has 0 spiro atoms. The van der Waals surface area contributed by atoms with Crippen molar-refractivity contribution in [3.05, 3.63) is 22.7 Å². The predicted molar refractivity (Wildman–Crippen MR) is 79.5 cm³/mol. The van der Waals surface area contributed by atoms with Crippen molar-refractivity contribution in [3.8, 4) is 5.75 Å². The van der Waals surface area contributed by atoms with E-state index in [0.717, 1.165) is 10.2 Å². The molecule has 1 amide bonds. The number of halogens is 2. The lowest BCUT2D eigenvalue weighted by Gasteiger charge is -2.12. The zero-order valence-corrected chi connectivity index (χ0v) is 12.8. The Morgan fingerprint density at radius 3 is 2.67 bits per heavy atom. The number of hydrogen-bond acceptors (Lipinski definition) is 3. The number of carbonyl (C=O) groups excluding carboxylic acids is 1. The minimum absolute atomic E-state index is 0. The van der Waals surface area contributed by atoms with Crippen LogP contribution in [0.25, 0.3) is 0 Å². The number of anilines is 1. The number of nitrogens with one attached hydrogen (secondary N) is 1. The number of amides is 1. The summed E-state index contributed by atoms with van der Waals surface area (Å²) in [6.07, 6.45) is 0.407. The van der Waals surface area contributed by atoms with Crippen molar-refractivity contribution in [1.29, 1.82) is 0 Å². The normalized spacial score (nSPS) is 9.83. The van der Waals surface area contributed by atoms with Crippen molar-refractivity contribution < 1.29 is 9.53 Å². The maximum atomic E-state index is 11.4. The Balaban J connectivity index is 0.00000289. The van der Waals surface area contributed by atoms with Crippen LogP contribution in [0, 0.1) is 0 Å². The van der Waals surface area contributed by atoms with E-state index >= 15 is 0 Å². The lowest BCUT2D eigenvalue weighted by Crippen LogP contribution is -2.16. The molecule has 0 aromatic heterocycles. The molecule has 0 atom stereocenters. The van der Waals surface area contributed by atoms with Crippen LogP contribution < -0.4 is 15.8 Å². The van der Waals surface area contributed by atoms with Crippen LogP contribution in [0.1, 0.15) is 20.3 Å². The highest BCUT2D eigenvalue weighted by molar-refractivity contribution is 9.10. The molecule has 1 rings (SSSR count). The second-order valence-corrected chi connectivity index (χ2v) is 4.84. The van der Waals surface area contributed by atoms with Gasteiger partial charge in [-0.2, -0.15) is 0 Å². The van der Waals surface area contributed by atoms with Crippen LogP contribution in [-0.4, -0.2) is 18.6 Å². The molecule has 6 heteroatoms. The minimum atomic E-state index is -0.0962. The van der Waals surface area contributed by atoms with Crippen molar-refractivity contribution in [1.82, 2.24) is 0 Å². The first-order valence-electron chi connectivity index (χ1n) is 5.48. The average Bonchev–Trinajstić information content (AvgIpc) is 2.14. The van der Waals surface area contributed by atoms with E-state index in [1.807, 2.05) is 26.0 Å². The van der Waals surface area contributed by atoms with Gasteiger partial charge in [0.05, 0.1) is 6.10 Å². The molecule has 1 aromatic rings. The molecule has 0 radical (unpaired) electrons. The van der Waals surface area contributed by atoms with Crippen molar-refractivity contribution in [3.63, 3.8) is 0 Å². The third-order valence-corrected chi connectivity index (χ3v) is 2.36. The molecule has 0 saturated heterocycles. The summed E-state index contributed by atoms with van der Waals surface area (Å²) in [7, 11) is 0. The van der Waals surface area contributed by atoms with E-state index in [1.165, 1.54) is 0 Å². The van der Waals surface area contributed by atoms with E-state index in [4.69, 9.17) is 10.5 Å². The Labute approximate surface area is 122 Å². The van der Waals surface area contributed by atoms with Gasteiger partial charge in [0.1, 0.15) is 5.75 Å². The molecule has 0 bridgehead atoms. The number of ether oxygens (including phenoxy) is 1. The van der Waals surface area contributed by atoms with Gasteiger partial charge in [0.2, 0.25) is 5.91 Å². The minimum Gasteiger partial charge on any atom is -0.491 e. The highest BCUT2D eigenvalue weighted by atomic mass is 79.9. The second-order valence-electron chi connectivity index (χ2n) is 3.93. The van der Waals surface area contributed by atoms with Crippen LogP contribution in [0.3, 0.4) is 0 Å². The number of hydrogen-bond donors (Lipinski definition) is 2. The Bertz CT molecular complexity index is 400. The fourth-order valence-corrected chi connectivity index (χ4v) is 1.80. The SMILES string of the molecule is CC(C)Oc1cc(Br)cc(NC(=O)CCN)c1.Cl. The van der Waals surface area contributed by atoms with E-state index in [-0.39, 0.29) is 24.4 Å². The number of nitrogens with two attached hydrogens (primary N) is 1. The first-order valence-corrected chi connectivity index (χ1v) is 6.27. The Morgan fingerprint density at radius 2 is 2.11 bits per heavy atom. The van der Waals surface area contributed by atoms with Gasteiger partial charge in [0, 0.05) is 29.2 Å². The van der Waals surface area contributed by atoms with Gasteiger partial charge in [0.15, 0.2) is 0 Å². The molecule has 3 N–H and O–H groups in total. The monoisotopic (exact) mass is 336 g/mol. The van der Waals surface area contributed by atoms with Crippen molar-refractivity contribution in [2.24, 2.45) is 5.73 Å². The third kappa shape index (κ3) is 6.23. The van der Waals surface area contributed by atoms with Crippen LogP contribution in [0.5, 0.6) is 5.75 Å². The van der Waals surface area contributed by atoms with Crippen molar-refractivity contribution >= 4 is 39.9 Å². The van der Waals surface area contributed by atoms with Crippen molar-refractivity contribution in [2.75, 3.05) is 11.9 Å². The number of carbonyl (C=O) groups is 1. The van der Waals surface area contributed by atoms with Crippen LogP contribution in [0.2, 0.25) is 0 Å². The number of benzene rings is 1. The molecule has 0 aliphatic heterocycles. The molecular formula is C12H18BrClN2O2. The van der Waals surface area contributed by atoms with E-state index < -0.39 is 0 Å². The average molecular weight is 338 g/mol. The van der Waals surface area contributed by atoms with Crippen LogP contribution in [0.4, 0.5) is 5.69 Å². The standard InChI is InChI=1S/C12H17BrN2O2.ClH/c1-8(2)17-11-6-9(13)5-10(7-11)15-12(16)3-4-14;/h5-8H,3-4,14H2,1-2H3,(H,15,16);1H. The molecular weight excluding hydrogens is 320 g/mol. The summed E-state index contributed by atoms with van der Waals surface area (Å²) >= 11 is 3.38. The molecule has 102 valence electrons. The highest BCUT2D eigenvalue weighted by Crippen LogP contribution is 2.25. The molecule has 1 aromatic carbocycles. The summed E-state index contributed by atoms with van der Waals surface area (Å²) in [5, 5.41) is 2.77. The third-order valence-electron chi connectivity index (χ3n) is 1.90. The van der Waals surface area contributed by atoms with Crippen LogP contribution in [-0.2, 0) is 4.79 Å². The molecule has 0 fully saturated rings. The second kappa shape index (κ2) is 8.34. The van der Waals surface area contributed by atoms with Gasteiger partial charge in [-0.3, -0.25) is 4.79 Å². The van der Waals surface area contributed by atoms with Gasteiger partial charge < -0.3 is 15.8 Å². The predicted octanol–water partition coefficient (Wildman–Crippen LogP) is 2.95. The van der Waals surface area contributed by atoms with Gasteiger partial charge in [-0.15, -0.1) is 12.4 Å². The summed E-state index contributed by atoms with van der Waals surface area (Å²) in [5.41, 5.74) is 6.02. The molecule has 0 heterocycles. The smallest absolute Gasteiger partial charge is 0.225 e. The summed E-state index contributed by atoms with van der Waals surface area (Å²) in [6.45, 7) is 4.25. The zero-order valence-electron chi connectivity index (χ0n) is 10.4. The topological polar surface area (TPSA) is 64.3 Å². The summed E-state index contributed by atoms with van der Waals surface area (Å²) in [5.74, 6) is 0.624. The largest absolute Gasteiger partial charge is 0.491 e. The van der Waals surface area contributed by atoms with Gasteiger partial charge in [0.25, 0.3) is 0 Å². The van der Waals surface area contributed by atoms with Gasteiger partial charge in [-0.25, -0.2) is 0 Å². The fourth-order valence-electron chi connectivity index (χ4n) is 1.33. The van der Waals surface area contributed by atoms with Gasteiger partial charge >= 0.3 is 0 Å². The van der Waals surface area contributed by atoms with Gasteiger partial charge in [-0.05, 0) is 26.0 Å². The molecule has 0 aliphatic rings. The quantitative estimate of drug-likeness (QED) is 0.868. The maximum absolute atomic E-state index is 11.4. The highest BCUT2D eigenvalue weighted by Gasteiger charge is 2.05. The Morgan fingerprint density at radius 1 is 1.44 bits per heavy atom. The molecule has 0 unspecified atom stereocenters. The molecule has 0 saturated carbocycles. The summed E-state index contributed by atoms with van der Waals surface area (Å²) < 4.78 is 6.43. The maximum Gasteiger partial charge on any atom is 0.225 e. The lowest BCUT2D eigenvalue weighted by molar-refractivity contribution is -0.116. The first kappa shape index (κ1) is 17.2. The Hall–Kier alpha value is -0.780. The van der Waals surface area contributed by atoms with E-state index in [1.54, 1.807) is 6.07 Å². The molecule has 0 aliphatic carbocycles. The zero-order chi connectivity index (χ0) is 12.8. The molecule has 18 heavy (non-hydrogen) atoms. The number of rotatable bonds is 5. The first-order chi connectivity index (χ1) is 8.01. The Kier molecular flexibility index (Phi) is 7.98. The summed E-state index contributed by atoms with van der Waals surface area (Å²) in [4.78, 5) is 11.4. The van der Waals surface area contributed by atoms with Crippen LogP contribution in [0.15, 0.2) is 22.7 Å². The van der Waals surface area contributed by atoms with Gasteiger partial charge in [-0.1, -0.05) is 15.9 Å². The molecule has 4 nitrogen and oxygen atoms in total. The van der Waals surface area contributed by atoms with Crippen LogP contribution >= 0.6 is 28.3 Å². The van der Waals surface area contributed by atoms with Crippen molar-refractivity contribution in [2.45, 2.75) is 26.4 Å². The fraction of sp³-hybridized carbons (Fsp3) is 0.417. The van der Waals surface area contributed by atoms with E-state index in [0.29, 0.717) is 18.7 Å². The summed E-state index contributed by atoms with van der Waals surface area (Å²) in [6, 6.07) is 5.47. The van der Waals surface area contributed by atoms with E-state index in [2.05, 4.69) is 21.2 Å².